The minimum Gasteiger partial charge on any atom is -0.308 e. The fraction of sp³-hybridized carbons (Fsp3) is 0.500. The first-order valence-corrected chi connectivity index (χ1v) is 7.96. The average Bonchev–Trinajstić information content (AvgIpc) is 2.90. The van der Waals surface area contributed by atoms with Gasteiger partial charge in [0.05, 0.1) is 11.7 Å². The van der Waals surface area contributed by atoms with Crippen molar-refractivity contribution in [2.75, 3.05) is 6.54 Å². The van der Waals surface area contributed by atoms with Crippen LogP contribution in [0, 0.1) is 13.8 Å². The Kier molecular flexibility index (Phi) is 5.57. The number of aromatic nitrogens is 2. The summed E-state index contributed by atoms with van der Waals surface area (Å²) >= 11 is 0. The number of hydrogen-bond acceptors (Lipinski definition) is 2. The van der Waals surface area contributed by atoms with Gasteiger partial charge in [0, 0.05) is 12.7 Å². The van der Waals surface area contributed by atoms with Crippen LogP contribution in [0.2, 0.25) is 0 Å². The second-order valence-corrected chi connectivity index (χ2v) is 5.78. The summed E-state index contributed by atoms with van der Waals surface area (Å²) in [5.74, 6) is 0. The molecule has 2 aromatic rings. The van der Waals surface area contributed by atoms with E-state index >= 15 is 0 Å². The van der Waals surface area contributed by atoms with Crippen molar-refractivity contribution < 1.29 is 0 Å². The molecule has 1 heterocycles. The van der Waals surface area contributed by atoms with Crippen LogP contribution in [-0.4, -0.2) is 16.3 Å². The van der Waals surface area contributed by atoms with Crippen molar-refractivity contribution in [2.45, 2.75) is 53.1 Å². The minimum atomic E-state index is 0.327. The normalized spacial score (nSPS) is 12.6. The van der Waals surface area contributed by atoms with Crippen molar-refractivity contribution >= 4 is 0 Å². The van der Waals surface area contributed by atoms with Crippen molar-refractivity contribution in [1.82, 2.24) is 15.1 Å². The lowest BCUT2D eigenvalue weighted by Gasteiger charge is -2.20. The van der Waals surface area contributed by atoms with E-state index in [1.165, 1.54) is 22.4 Å². The molecule has 114 valence electrons. The molecule has 0 aliphatic heterocycles. The Balaban J connectivity index is 2.23. The van der Waals surface area contributed by atoms with E-state index < -0.39 is 0 Å². The van der Waals surface area contributed by atoms with E-state index in [0.717, 1.165) is 25.9 Å². The molecule has 1 unspecified atom stereocenters. The molecular weight excluding hydrogens is 258 g/mol. The van der Waals surface area contributed by atoms with Crippen LogP contribution in [0.25, 0.3) is 0 Å². The smallest absolute Gasteiger partial charge is 0.0556 e. The molecule has 2 rings (SSSR count). The van der Waals surface area contributed by atoms with Crippen LogP contribution in [0.4, 0.5) is 0 Å². The van der Waals surface area contributed by atoms with E-state index in [-0.39, 0.29) is 0 Å². The van der Waals surface area contributed by atoms with Gasteiger partial charge in [0.15, 0.2) is 0 Å². The molecule has 0 saturated heterocycles. The van der Waals surface area contributed by atoms with Gasteiger partial charge in [0.25, 0.3) is 0 Å². The predicted octanol–water partition coefficient (Wildman–Crippen LogP) is 3.80. The fourth-order valence-electron chi connectivity index (χ4n) is 2.93. The maximum absolute atomic E-state index is 4.42. The maximum Gasteiger partial charge on any atom is 0.0556 e. The number of hydrogen-bond donors (Lipinski definition) is 1. The first-order chi connectivity index (χ1) is 10.1. The van der Waals surface area contributed by atoms with E-state index in [4.69, 9.17) is 0 Å². The molecule has 1 aromatic carbocycles. The summed E-state index contributed by atoms with van der Waals surface area (Å²) in [6.07, 6.45) is 4.05. The number of nitrogens with one attached hydrogen (secondary N) is 1. The second kappa shape index (κ2) is 7.41. The molecule has 0 fully saturated rings. The fourth-order valence-corrected chi connectivity index (χ4v) is 2.93. The Morgan fingerprint density at radius 1 is 1.14 bits per heavy atom. The number of nitrogens with zero attached hydrogens (tertiary/aromatic N) is 2. The second-order valence-electron chi connectivity index (χ2n) is 5.78. The van der Waals surface area contributed by atoms with Crippen LogP contribution in [0.5, 0.6) is 0 Å². The molecule has 0 aliphatic carbocycles. The van der Waals surface area contributed by atoms with Crippen LogP contribution in [-0.2, 0) is 13.0 Å². The van der Waals surface area contributed by atoms with Crippen LogP contribution < -0.4 is 5.32 Å². The van der Waals surface area contributed by atoms with E-state index in [9.17, 15) is 0 Å². The summed E-state index contributed by atoms with van der Waals surface area (Å²) in [4.78, 5) is 0. The lowest BCUT2D eigenvalue weighted by molar-refractivity contribution is 0.478. The summed E-state index contributed by atoms with van der Waals surface area (Å²) in [7, 11) is 0. The highest BCUT2D eigenvalue weighted by atomic mass is 15.3. The van der Waals surface area contributed by atoms with Gasteiger partial charge in [-0.25, -0.2) is 0 Å². The van der Waals surface area contributed by atoms with Crippen molar-refractivity contribution in [3.8, 4) is 0 Å². The first-order valence-electron chi connectivity index (χ1n) is 7.96. The SMILES string of the molecule is CCCNC(Cc1cc(C)cc(C)c1)c1ccnn1CC. The summed E-state index contributed by atoms with van der Waals surface area (Å²) in [5, 5.41) is 8.09. The molecule has 3 heteroatoms. The van der Waals surface area contributed by atoms with Crippen molar-refractivity contribution in [3.05, 3.63) is 52.8 Å². The molecule has 0 bridgehead atoms. The van der Waals surface area contributed by atoms with E-state index in [2.05, 4.69) is 67.1 Å². The van der Waals surface area contributed by atoms with Gasteiger partial charge >= 0.3 is 0 Å². The third-order valence-corrected chi connectivity index (χ3v) is 3.77. The monoisotopic (exact) mass is 285 g/mol. The van der Waals surface area contributed by atoms with Crippen LogP contribution in [0.15, 0.2) is 30.5 Å². The zero-order valence-corrected chi connectivity index (χ0v) is 13.7. The molecular formula is C18H27N3. The van der Waals surface area contributed by atoms with Gasteiger partial charge in [-0.15, -0.1) is 0 Å². The topological polar surface area (TPSA) is 29.9 Å². The van der Waals surface area contributed by atoms with Gasteiger partial charge in [0.1, 0.15) is 0 Å². The number of rotatable bonds is 7. The Labute approximate surface area is 128 Å². The Morgan fingerprint density at radius 2 is 1.86 bits per heavy atom. The molecule has 0 spiro atoms. The van der Waals surface area contributed by atoms with E-state index in [1.54, 1.807) is 0 Å². The van der Waals surface area contributed by atoms with Crippen LogP contribution in [0.1, 0.15) is 48.7 Å². The van der Waals surface area contributed by atoms with E-state index in [0.29, 0.717) is 6.04 Å². The van der Waals surface area contributed by atoms with E-state index in [1.807, 2.05) is 6.20 Å². The summed E-state index contributed by atoms with van der Waals surface area (Å²) < 4.78 is 2.09. The molecule has 21 heavy (non-hydrogen) atoms. The zero-order valence-electron chi connectivity index (χ0n) is 13.7. The third kappa shape index (κ3) is 4.18. The Morgan fingerprint density at radius 3 is 2.48 bits per heavy atom. The first kappa shape index (κ1) is 15.8. The van der Waals surface area contributed by atoms with Crippen molar-refractivity contribution in [1.29, 1.82) is 0 Å². The molecule has 3 nitrogen and oxygen atoms in total. The molecule has 0 aliphatic rings. The number of aryl methyl sites for hydroxylation is 3. The number of benzene rings is 1. The van der Waals surface area contributed by atoms with Crippen molar-refractivity contribution in [2.24, 2.45) is 0 Å². The standard InChI is InChI=1S/C18H27N3/c1-5-8-19-17(18-7-9-20-21(18)6-2)13-16-11-14(3)10-15(4)12-16/h7,9-12,17,19H,5-6,8,13H2,1-4H3. The highest BCUT2D eigenvalue weighted by Gasteiger charge is 2.16. The zero-order chi connectivity index (χ0) is 15.2. The lowest BCUT2D eigenvalue weighted by Crippen LogP contribution is -2.26. The minimum absolute atomic E-state index is 0.327. The quantitative estimate of drug-likeness (QED) is 0.838. The Hall–Kier alpha value is -1.61. The van der Waals surface area contributed by atoms with Gasteiger partial charge in [-0.05, 0) is 51.8 Å². The highest BCUT2D eigenvalue weighted by Crippen LogP contribution is 2.20. The predicted molar refractivity (Wildman–Crippen MR) is 88.6 cm³/mol. The van der Waals surface area contributed by atoms with Gasteiger partial charge in [-0.2, -0.15) is 5.10 Å². The molecule has 1 N–H and O–H groups in total. The largest absolute Gasteiger partial charge is 0.308 e. The molecule has 0 saturated carbocycles. The van der Waals surface area contributed by atoms with Gasteiger partial charge in [-0.3, -0.25) is 4.68 Å². The molecule has 1 aromatic heterocycles. The lowest BCUT2D eigenvalue weighted by atomic mass is 9.99. The van der Waals surface area contributed by atoms with Crippen LogP contribution >= 0.6 is 0 Å². The summed E-state index contributed by atoms with van der Waals surface area (Å²) in [6, 6.07) is 9.28. The molecule has 1 atom stereocenters. The van der Waals surface area contributed by atoms with Gasteiger partial charge in [-0.1, -0.05) is 36.2 Å². The van der Waals surface area contributed by atoms with Gasteiger partial charge < -0.3 is 5.32 Å². The molecule has 0 radical (unpaired) electrons. The highest BCUT2D eigenvalue weighted by molar-refractivity contribution is 5.30. The Bertz CT molecular complexity index is 551. The average molecular weight is 285 g/mol. The third-order valence-electron chi connectivity index (χ3n) is 3.77. The molecule has 0 amide bonds. The maximum atomic E-state index is 4.42. The summed E-state index contributed by atoms with van der Waals surface area (Å²) in [6.45, 7) is 10.6. The summed E-state index contributed by atoms with van der Waals surface area (Å²) in [5.41, 5.74) is 5.35. The van der Waals surface area contributed by atoms with Crippen LogP contribution in [0.3, 0.4) is 0 Å². The van der Waals surface area contributed by atoms with Crippen molar-refractivity contribution in [3.63, 3.8) is 0 Å². The van der Waals surface area contributed by atoms with Gasteiger partial charge in [0.2, 0.25) is 0 Å².